The van der Waals surface area contributed by atoms with Crippen molar-refractivity contribution >= 4 is 32.4 Å². The Hall–Kier alpha value is -1.27. The Kier molecular flexibility index (Phi) is 3.53. The zero-order valence-electron chi connectivity index (χ0n) is 12.1. The van der Waals surface area contributed by atoms with Crippen LogP contribution in [0, 0.1) is 0 Å². The maximum absolute atomic E-state index is 9.94. The molecule has 0 radical (unpaired) electrons. The van der Waals surface area contributed by atoms with Crippen LogP contribution in [0.4, 0.5) is 5.13 Å². The number of ether oxygens (including phenoxy) is 1. The second-order valence-electron chi connectivity index (χ2n) is 5.97. The second kappa shape index (κ2) is 5.42. The number of rotatable bonds is 1. The summed E-state index contributed by atoms with van der Waals surface area (Å²) in [6.07, 6.45) is 5.73. The number of hydrogen-bond donors (Lipinski definition) is 1. The van der Waals surface area contributed by atoms with Gasteiger partial charge in [0.15, 0.2) is 5.13 Å². The van der Waals surface area contributed by atoms with Crippen LogP contribution >= 0.6 is 27.3 Å². The van der Waals surface area contributed by atoms with E-state index in [1.165, 1.54) is 0 Å². The van der Waals surface area contributed by atoms with Crippen LogP contribution < -0.4 is 9.64 Å². The first-order valence-corrected chi connectivity index (χ1v) is 9.12. The molecule has 0 unspecified atom stereocenters. The number of aromatic nitrogens is 1. The third-order valence-electron chi connectivity index (χ3n) is 4.68. The van der Waals surface area contributed by atoms with Crippen molar-refractivity contribution in [3.8, 4) is 11.5 Å². The quantitative estimate of drug-likeness (QED) is 0.812. The lowest BCUT2D eigenvalue weighted by atomic mass is 9.83. The summed E-state index contributed by atoms with van der Waals surface area (Å²) in [5.74, 6) is 1.22. The smallest absolute Gasteiger partial charge is 0.186 e. The summed E-state index contributed by atoms with van der Waals surface area (Å²) in [4.78, 5) is 6.78. The summed E-state index contributed by atoms with van der Waals surface area (Å²) < 4.78 is 7.39. The van der Waals surface area contributed by atoms with Crippen LogP contribution in [0.25, 0.3) is 0 Å². The molecule has 2 aliphatic rings. The van der Waals surface area contributed by atoms with Crippen molar-refractivity contribution < 1.29 is 9.84 Å². The topological polar surface area (TPSA) is 45.6 Å². The van der Waals surface area contributed by atoms with E-state index in [4.69, 9.17) is 4.74 Å². The third kappa shape index (κ3) is 2.48. The fourth-order valence-electron chi connectivity index (χ4n) is 3.39. The number of aromatic hydroxyl groups is 1. The monoisotopic (exact) mass is 380 g/mol. The Morgan fingerprint density at radius 2 is 2.09 bits per heavy atom. The fraction of sp³-hybridized carbons (Fsp3) is 0.438. The van der Waals surface area contributed by atoms with Crippen LogP contribution in [-0.2, 0) is 6.42 Å². The first-order chi connectivity index (χ1) is 10.7. The summed E-state index contributed by atoms with van der Waals surface area (Å²) in [7, 11) is 0. The minimum Gasteiger partial charge on any atom is -0.508 e. The van der Waals surface area contributed by atoms with Crippen LogP contribution in [0.1, 0.15) is 24.8 Å². The molecule has 3 heterocycles. The van der Waals surface area contributed by atoms with Crippen LogP contribution in [0.3, 0.4) is 0 Å². The minimum atomic E-state index is -0.0776. The first kappa shape index (κ1) is 14.3. The van der Waals surface area contributed by atoms with Gasteiger partial charge >= 0.3 is 0 Å². The van der Waals surface area contributed by atoms with Crippen molar-refractivity contribution in [2.24, 2.45) is 0 Å². The number of piperidine rings is 1. The summed E-state index contributed by atoms with van der Waals surface area (Å²) in [5, 5.41) is 11.0. The van der Waals surface area contributed by atoms with Gasteiger partial charge in [-0.1, -0.05) is 17.4 Å². The zero-order valence-corrected chi connectivity index (χ0v) is 14.5. The van der Waals surface area contributed by atoms with E-state index in [1.54, 1.807) is 17.4 Å². The highest BCUT2D eigenvalue weighted by atomic mass is 79.9. The fourth-order valence-corrected chi connectivity index (χ4v) is 4.62. The van der Waals surface area contributed by atoms with Gasteiger partial charge in [-0.3, -0.25) is 0 Å². The Morgan fingerprint density at radius 1 is 1.27 bits per heavy atom. The standard InChI is InChI=1S/C16H17BrN2O2S/c17-14-10-18-15(22-14)19-8-6-16(7-9-19)5-4-11-12(20)2-1-3-13(11)21-16/h1-3,10,20H,4-9H2. The minimum absolute atomic E-state index is 0.0776. The Labute approximate surface area is 141 Å². The number of phenols is 1. The van der Waals surface area contributed by atoms with Crippen LogP contribution in [0.15, 0.2) is 28.2 Å². The van der Waals surface area contributed by atoms with Gasteiger partial charge < -0.3 is 14.7 Å². The number of halogens is 1. The summed E-state index contributed by atoms with van der Waals surface area (Å²) in [6.45, 7) is 1.93. The molecule has 0 atom stereocenters. The summed E-state index contributed by atoms with van der Waals surface area (Å²) in [5.41, 5.74) is 0.880. The van der Waals surface area contributed by atoms with E-state index in [0.717, 1.165) is 59.0 Å². The molecule has 0 amide bonds. The number of fused-ring (bicyclic) bond motifs is 1. The molecular weight excluding hydrogens is 364 g/mol. The van der Waals surface area contributed by atoms with Gasteiger partial charge in [-0.2, -0.15) is 0 Å². The average molecular weight is 381 g/mol. The molecule has 116 valence electrons. The molecule has 0 aliphatic carbocycles. The molecule has 1 N–H and O–H groups in total. The van der Waals surface area contributed by atoms with Gasteiger partial charge in [0.25, 0.3) is 0 Å². The predicted octanol–water partition coefficient (Wildman–Crippen LogP) is 3.98. The first-order valence-electron chi connectivity index (χ1n) is 7.51. The molecule has 1 aromatic carbocycles. The SMILES string of the molecule is Oc1cccc2c1CCC1(CCN(c3ncc(Br)s3)CC1)O2. The molecule has 1 fully saturated rings. The van der Waals surface area contributed by atoms with E-state index < -0.39 is 0 Å². The Balaban J connectivity index is 1.49. The van der Waals surface area contributed by atoms with Crippen molar-refractivity contribution in [3.05, 3.63) is 33.7 Å². The largest absolute Gasteiger partial charge is 0.508 e. The lowest BCUT2D eigenvalue weighted by Crippen LogP contribution is -2.49. The number of anilines is 1. The number of benzene rings is 1. The molecule has 1 spiro atoms. The molecule has 22 heavy (non-hydrogen) atoms. The van der Waals surface area contributed by atoms with E-state index in [9.17, 15) is 5.11 Å². The Morgan fingerprint density at radius 3 is 2.82 bits per heavy atom. The van der Waals surface area contributed by atoms with Crippen molar-refractivity contribution in [1.29, 1.82) is 0 Å². The highest BCUT2D eigenvalue weighted by molar-refractivity contribution is 9.11. The van der Waals surface area contributed by atoms with Crippen molar-refractivity contribution in [2.45, 2.75) is 31.3 Å². The van der Waals surface area contributed by atoms with Gasteiger partial charge in [0, 0.05) is 31.5 Å². The van der Waals surface area contributed by atoms with E-state index in [2.05, 4.69) is 25.8 Å². The van der Waals surface area contributed by atoms with Gasteiger partial charge in [0.2, 0.25) is 0 Å². The average Bonchev–Trinajstić information content (AvgIpc) is 2.95. The molecule has 2 aromatic rings. The van der Waals surface area contributed by atoms with Gasteiger partial charge in [0.1, 0.15) is 17.1 Å². The molecule has 6 heteroatoms. The number of thiazole rings is 1. The summed E-state index contributed by atoms with van der Waals surface area (Å²) in [6, 6.07) is 5.57. The molecule has 1 aromatic heterocycles. The third-order valence-corrected chi connectivity index (χ3v) is 6.21. The number of phenolic OH excluding ortho intramolecular Hbond substituents is 1. The summed E-state index contributed by atoms with van der Waals surface area (Å²) >= 11 is 5.15. The van der Waals surface area contributed by atoms with E-state index in [1.807, 2.05) is 18.3 Å². The van der Waals surface area contributed by atoms with Gasteiger partial charge in [0.05, 0.1) is 9.98 Å². The molecule has 4 rings (SSSR count). The molecule has 0 saturated carbocycles. The second-order valence-corrected chi connectivity index (χ2v) is 8.36. The normalized spacial score (nSPS) is 19.8. The highest BCUT2D eigenvalue weighted by Crippen LogP contribution is 2.43. The van der Waals surface area contributed by atoms with E-state index in [0.29, 0.717) is 5.75 Å². The highest BCUT2D eigenvalue weighted by Gasteiger charge is 2.40. The molecule has 0 bridgehead atoms. The van der Waals surface area contributed by atoms with Crippen LogP contribution in [-0.4, -0.2) is 28.8 Å². The van der Waals surface area contributed by atoms with Gasteiger partial charge in [-0.25, -0.2) is 4.98 Å². The van der Waals surface area contributed by atoms with Crippen LogP contribution in [0.5, 0.6) is 11.5 Å². The van der Waals surface area contributed by atoms with Gasteiger partial charge in [-0.05, 0) is 40.9 Å². The number of hydrogen-bond acceptors (Lipinski definition) is 5. The lowest BCUT2D eigenvalue weighted by Gasteiger charge is -2.44. The molecule has 2 aliphatic heterocycles. The van der Waals surface area contributed by atoms with Gasteiger partial charge in [-0.15, -0.1) is 0 Å². The molecular formula is C16H17BrN2O2S. The maximum atomic E-state index is 9.94. The molecule has 1 saturated heterocycles. The van der Waals surface area contributed by atoms with Crippen molar-refractivity contribution in [1.82, 2.24) is 4.98 Å². The van der Waals surface area contributed by atoms with E-state index in [-0.39, 0.29) is 5.60 Å². The Bertz CT molecular complexity index is 695. The number of nitrogens with zero attached hydrogens (tertiary/aromatic N) is 2. The van der Waals surface area contributed by atoms with Crippen molar-refractivity contribution in [3.63, 3.8) is 0 Å². The van der Waals surface area contributed by atoms with E-state index >= 15 is 0 Å². The predicted molar refractivity (Wildman–Crippen MR) is 91.0 cm³/mol. The van der Waals surface area contributed by atoms with Crippen LogP contribution in [0.2, 0.25) is 0 Å². The molecule has 4 nitrogen and oxygen atoms in total. The lowest BCUT2D eigenvalue weighted by molar-refractivity contribution is 0.0220. The van der Waals surface area contributed by atoms with Crippen molar-refractivity contribution in [2.75, 3.05) is 18.0 Å². The maximum Gasteiger partial charge on any atom is 0.186 e. The zero-order chi connectivity index (χ0) is 15.2.